The summed E-state index contributed by atoms with van der Waals surface area (Å²) in [7, 11) is 1.69. The highest BCUT2D eigenvalue weighted by Crippen LogP contribution is 2.30. The molecule has 3 aromatic carbocycles. The molecule has 0 saturated carbocycles. The van der Waals surface area contributed by atoms with Crippen LogP contribution in [0.25, 0.3) is 21.7 Å². The number of benzene rings is 3. The van der Waals surface area contributed by atoms with Gasteiger partial charge in [-0.15, -0.1) is 0 Å². The molecule has 0 saturated heterocycles. The molecule has 0 unspecified atom stereocenters. The van der Waals surface area contributed by atoms with Gasteiger partial charge < -0.3 is 10.1 Å². The molecule has 0 amide bonds. The molecule has 0 bridgehead atoms. The molecule has 4 aromatic rings. The summed E-state index contributed by atoms with van der Waals surface area (Å²) in [6.45, 7) is 0.693. The lowest BCUT2D eigenvalue weighted by Crippen LogP contribution is -2.07. The van der Waals surface area contributed by atoms with Crippen molar-refractivity contribution in [3.05, 3.63) is 77.2 Å². The largest absolute Gasteiger partial charge is 0.496 e. The van der Waals surface area contributed by atoms with Crippen LogP contribution in [0.1, 0.15) is 5.56 Å². The molecule has 0 spiro atoms. The second-order valence-corrected chi connectivity index (χ2v) is 6.69. The van der Waals surface area contributed by atoms with Crippen LogP contribution in [-0.4, -0.2) is 18.6 Å². The fourth-order valence-electron chi connectivity index (χ4n) is 3.38. The summed E-state index contributed by atoms with van der Waals surface area (Å²) in [5.74, 6) is 0.412. The van der Waals surface area contributed by atoms with Gasteiger partial charge in [0.2, 0.25) is 0 Å². The summed E-state index contributed by atoms with van der Waals surface area (Å²) in [5, 5.41) is 6.68. The van der Waals surface area contributed by atoms with Gasteiger partial charge >= 0.3 is 0 Å². The van der Waals surface area contributed by atoms with Gasteiger partial charge in [0, 0.05) is 35.4 Å². The quantitative estimate of drug-likeness (QED) is 0.472. The normalized spacial score (nSPS) is 11.1. The maximum absolute atomic E-state index is 13.7. The fourth-order valence-corrected chi connectivity index (χ4v) is 3.55. The Bertz CT molecular complexity index is 1130. The number of hydrogen-bond donors (Lipinski definition) is 1. The van der Waals surface area contributed by atoms with Crippen molar-refractivity contribution in [1.29, 1.82) is 0 Å². The molecule has 136 valence electrons. The van der Waals surface area contributed by atoms with E-state index in [2.05, 4.69) is 28.5 Å². The van der Waals surface area contributed by atoms with Crippen molar-refractivity contribution in [1.82, 2.24) is 4.98 Å². The summed E-state index contributed by atoms with van der Waals surface area (Å²) in [6.07, 6.45) is 2.44. The van der Waals surface area contributed by atoms with Gasteiger partial charge in [-0.25, -0.2) is 4.39 Å². The Morgan fingerprint density at radius 1 is 1.07 bits per heavy atom. The zero-order chi connectivity index (χ0) is 18.8. The highest BCUT2D eigenvalue weighted by atomic mass is 35.5. The van der Waals surface area contributed by atoms with E-state index in [1.165, 1.54) is 16.8 Å². The Morgan fingerprint density at radius 3 is 2.78 bits per heavy atom. The lowest BCUT2D eigenvalue weighted by atomic mass is 10.0. The standard InChI is InChI=1S/C22H18ClFN2O/c1-27-22-7-6-14-4-2-3-5-15(14)16(22)8-10-25-20-9-11-26-21-13-19(24)18(23)12-17(20)21/h2-7,9,11-13H,8,10H2,1H3,(H,25,26). The SMILES string of the molecule is COc1ccc2ccccc2c1CCNc1ccnc2cc(F)c(Cl)cc12. The van der Waals surface area contributed by atoms with Crippen LogP contribution in [0, 0.1) is 5.82 Å². The monoisotopic (exact) mass is 380 g/mol. The molecule has 0 aliphatic carbocycles. The first-order valence-electron chi connectivity index (χ1n) is 8.69. The van der Waals surface area contributed by atoms with Crippen molar-refractivity contribution in [2.45, 2.75) is 6.42 Å². The molecule has 27 heavy (non-hydrogen) atoms. The topological polar surface area (TPSA) is 34.1 Å². The number of nitrogens with one attached hydrogen (secondary N) is 1. The van der Waals surface area contributed by atoms with Gasteiger partial charge in [-0.1, -0.05) is 41.9 Å². The van der Waals surface area contributed by atoms with Crippen LogP contribution in [0.15, 0.2) is 60.8 Å². The van der Waals surface area contributed by atoms with E-state index in [4.69, 9.17) is 16.3 Å². The Morgan fingerprint density at radius 2 is 1.93 bits per heavy atom. The number of pyridine rings is 1. The predicted molar refractivity (Wildman–Crippen MR) is 109 cm³/mol. The number of fused-ring (bicyclic) bond motifs is 2. The lowest BCUT2D eigenvalue weighted by molar-refractivity contribution is 0.411. The first-order chi connectivity index (χ1) is 13.2. The highest BCUT2D eigenvalue weighted by molar-refractivity contribution is 6.31. The molecule has 0 aliphatic rings. The van der Waals surface area contributed by atoms with Crippen molar-refractivity contribution < 1.29 is 9.13 Å². The molecule has 0 fully saturated rings. The minimum atomic E-state index is -0.464. The molecule has 4 rings (SSSR count). The highest BCUT2D eigenvalue weighted by Gasteiger charge is 2.10. The summed E-state index contributed by atoms with van der Waals surface area (Å²) < 4.78 is 19.2. The molecular formula is C22H18ClFN2O. The Kier molecular flexibility index (Phi) is 4.82. The van der Waals surface area contributed by atoms with Gasteiger partial charge in [0.15, 0.2) is 0 Å². The summed E-state index contributed by atoms with van der Waals surface area (Å²) in [6, 6.07) is 17.2. The van der Waals surface area contributed by atoms with Crippen LogP contribution >= 0.6 is 11.6 Å². The summed E-state index contributed by atoms with van der Waals surface area (Å²) in [4.78, 5) is 4.22. The van der Waals surface area contributed by atoms with Crippen molar-refractivity contribution in [3.8, 4) is 5.75 Å². The van der Waals surface area contributed by atoms with Gasteiger partial charge in [-0.3, -0.25) is 4.98 Å². The third-order valence-electron chi connectivity index (χ3n) is 4.69. The molecule has 1 aromatic heterocycles. The van der Waals surface area contributed by atoms with Crippen LogP contribution in [0.2, 0.25) is 5.02 Å². The molecule has 0 radical (unpaired) electrons. The van der Waals surface area contributed by atoms with Crippen molar-refractivity contribution in [2.75, 3.05) is 19.0 Å². The Balaban J connectivity index is 1.62. The minimum absolute atomic E-state index is 0.0919. The molecule has 1 heterocycles. The number of anilines is 1. The second-order valence-electron chi connectivity index (χ2n) is 6.29. The van der Waals surface area contributed by atoms with E-state index in [1.807, 2.05) is 24.3 Å². The van der Waals surface area contributed by atoms with Gasteiger partial charge in [0.25, 0.3) is 0 Å². The van der Waals surface area contributed by atoms with Crippen molar-refractivity contribution in [3.63, 3.8) is 0 Å². The third kappa shape index (κ3) is 3.40. The molecule has 3 nitrogen and oxygen atoms in total. The lowest BCUT2D eigenvalue weighted by Gasteiger charge is -2.14. The number of nitrogens with zero attached hydrogens (tertiary/aromatic N) is 1. The zero-order valence-electron chi connectivity index (χ0n) is 14.8. The van der Waals surface area contributed by atoms with E-state index in [0.29, 0.717) is 12.1 Å². The minimum Gasteiger partial charge on any atom is -0.496 e. The first-order valence-corrected chi connectivity index (χ1v) is 9.07. The van der Waals surface area contributed by atoms with Crippen molar-refractivity contribution >= 4 is 39.0 Å². The molecule has 0 atom stereocenters. The Hall–Kier alpha value is -2.85. The number of halogens is 2. The number of ether oxygens (including phenoxy) is 1. The fraction of sp³-hybridized carbons (Fsp3) is 0.136. The van der Waals surface area contributed by atoms with E-state index in [9.17, 15) is 4.39 Å². The molecule has 1 N–H and O–H groups in total. The average molecular weight is 381 g/mol. The molecule has 5 heteroatoms. The van der Waals surface area contributed by atoms with Gasteiger partial charge in [0.1, 0.15) is 11.6 Å². The maximum atomic E-state index is 13.7. The number of aromatic nitrogens is 1. The third-order valence-corrected chi connectivity index (χ3v) is 4.98. The number of rotatable bonds is 5. The van der Waals surface area contributed by atoms with Crippen LogP contribution in [-0.2, 0) is 6.42 Å². The van der Waals surface area contributed by atoms with Crippen molar-refractivity contribution in [2.24, 2.45) is 0 Å². The predicted octanol–water partition coefficient (Wildman–Crippen LogP) is 5.84. The average Bonchev–Trinajstić information content (AvgIpc) is 2.69. The smallest absolute Gasteiger partial charge is 0.143 e. The second kappa shape index (κ2) is 7.41. The zero-order valence-corrected chi connectivity index (χ0v) is 15.6. The van der Waals surface area contributed by atoms with Gasteiger partial charge in [-0.2, -0.15) is 0 Å². The van der Waals surface area contributed by atoms with Crippen LogP contribution in [0.3, 0.4) is 0 Å². The van der Waals surface area contributed by atoms with E-state index in [1.54, 1.807) is 19.4 Å². The summed E-state index contributed by atoms with van der Waals surface area (Å²) in [5.41, 5.74) is 2.61. The van der Waals surface area contributed by atoms with Gasteiger partial charge in [-0.05, 0) is 35.4 Å². The molecular weight excluding hydrogens is 363 g/mol. The van der Waals surface area contributed by atoms with Crippen LogP contribution in [0.5, 0.6) is 5.75 Å². The van der Waals surface area contributed by atoms with E-state index < -0.39 is 5.82 Å². The van der Waals surface area contributed by atoms with E-state index in [0.717, 1.165) is 28.8 Å². The first kappa shape index (κ1) is 17.6. The van der Waals surface area contributed by atoms with Gasteiger partial charge in [0.05, 0.1) is 17.6 Å². The van der Waals surface area contributed by atoms with E-state index in [-0.39, 0.29) is 5.02 Å². The van der Waals surface area contributed by atoms with Crippen LogP contribution in [0.4, 0.5) is 10.1 Å². The van der Waals surface area contributed by atoms with E-state index >= 15 is 0 Å². The maximum Gasteiger partial charge on any atom is 0.143 e. The number of hydrogen-bond acceptors (Lipinski definition) is 3. The summed E-state index contributed by atoms with van der Waals surface area (Å²) >= 11 is 5.95. The Labute approximate surface area is 161 Å². The molecule has 0 aliphatic heterocycles. The number of methoxy groups -OCH3 is 1. The van der Waals surface area contributed by atoms with Crippen LogP contribution < -0.4 is 10.1 Å².